The van der Waals surface area contributed by atoms with Crippen LogP contribution in [-0.2, 0) is 16.0 Å². The highest BCUT2D eigenvalue weighted by Gasteiger charge is 2.46. The van der Waals surface area contributed by atoms with E-state index in [9.17, 15) is 14.7 Å². The van der Waals surface area contributed by atoms with E-state index in [1.54, 1.807) is 11.0 Å². The van der Waals surface area contributed by atoms with Gasteiger partial charge in [-0.05, 0) is 68.9 Å². The van der Waals surface area contributed by atoms with E-state index in [1.165, 1.54) is 0 Å². The van der Waals surface area contributed by atoms with Gasteiger partial charge in [0.2, 0.25) is 0 Å². The van der Waals surface area contributed by atoms with E-state index in [2.05, 4.69) is 6.92 Å². The molecule has 0 aromatic heterocycles. The molecule has 1 N–H and O–H groups in total. The number of Topliss-reactive ketones (excluding diaryl/α,β-unsaturated/α-hetero) is 1. The lowest BCUT2D eigenvalue weighted by Crippen LogP contribution is -2.35. The fourth-order valence-corrected chi connectivity index (χ4v) is 4.78. The summed E-state index contributed by atoms with van der Waals surface area (Å²) < 4.78 is 11.6. The number of hydrogen-bond acceptors (Lipinski definition) is 6. The lowest BCUT2D eigenvalue weighted by Gasteiger charge is -2.26. The van der Waals surface area contributed by atoms with Crippen molar-refractivity contribution in [2.45, 2.75) is 51.7 Å². The van der Waals surface area contributed by atoms with E-state index in [0.29, 0.717) is 25.3 Å². The fourth-order valence-electron chi connectivity index (χ4n) is 4.78. The van der Waals surface area contributed by atoms with Crippen LogP contribution in [0.4, 0.5) is 0 Å². The Morgan fingerprint density at radius 2 is 1.89 bits per heavy atom. The Labute approximate surface area is 213 Å². The van der Waals surface area contributed by atoms with Gasteiger partial charge in [-0.25, -0.2) is 0 Å². The van der Waals surface area contributed by atoms with Gasteiger partial charge in [-0.1, -0.05) is 31.9 Å². The average molecular weight is 493 g/mol. The highest BCUT2D eigenvalue weighted by molar-refractivity contribution is 6.46. The molecular weight excluding hydrogens is 456 g/mol. The first kappa shape index (κ1) is 25.8. The van der Waals surface area contributed by atoms with E-state index < -0.39 is 17.7 Å². The number of rotatable bonds is 10. The molecule has 2 aromatic rings. The van der Waals surface area contributed by atoms with Crippen LogP contribution in [-0.4, -0.2) is 66.5 Å². The number of benzene rings is 2. The second-order valence-electron chi connectivity index (χ2n) is 9.88. The van der Waals surface area contributed by atoms with E-state index in [1.807, 2.05) is 62.3 Å². The fraction of sp³-hybridized carbons (Fsp3) is 0.448. The minimum atomic E-state index is -0.678. The maximum absolute atomic E-state index is 13.2. The van der Waals surface area contributed by atoms with Crippen molar-refractivity contribution >= 4 is 17.4 Å². The average Bonchev–Trinajstić information content (AvgIpc) is 3.35. The Hall–Kier alpha value is -3.32. The number of unbranched alkanes of at least 4 members (excludes halogenated alkanes) is 2. The zero-order valence-electron chi connectivity index (χ0n) is 21.6. The molecular formula is C29H36N2O5. The molecule has 0 saturated carbocycles. The van der Waals surface area contributed by atoms with Gasteiger partial charge in [0, 0.05) is 25.1 Å². The van der Waals surface area contributed by atoms with E-state index >= 15 is 0 Å². The number of likely N-dealkylation sites (N-methyl/N-ethyl adjacent to an activating group) is 1. The van der Waals surface area contributed by atoms with Gasteiger partial charge in [0.05, 0.1) is 18.2 Å². The van der Waals surface area contributed by atoms with Crippen LogP contribution < -0.4 is 9.47 Å². The molecule has 2 aliphatic rings. The number of aliphatic hydroxyl groups is 1. The predicted molar refractivity (Wildman–Crippen MR) is 139 cm³/mol. The van der Waals surface area contributed by atoms with Crippen molar-refractivity contribution in [1.29, 1.82) is 0 Å². The van der Waals surface area contributed by atoms with Crippen molar-refractivity contribution in [3.63, 3.8) is 0 Å². The number of amides is 1. The Morgan fingerprint density at radius 3 is 2.58 bits per heavy atom. The van der Waals surface area contributed by atoms with Gasteiger partial charge < -0.3 is 24.4 Å². The quantitative estimate of drug-likeness (QED) is 0.227. The zero-order valence-corrected chi connectivity index (χ0v) is 21.6. The molecule has 0 bridgehead atoms. The number of ether oxygens (including phenoxy) is 2. The van der Waals surface area contributed by atoms with Gasteiger partial charge in [-0.15, -0.1) is 0 Å². The van der Waals surface area contributed by atoms with Crippen LogP contribution in [0, 0.1) is 0 Å². The molecule has 1 saturated heterocycles. The third kappa shape index (κ3) is 5.41. The molecule has 0 radical (unpaired) electrons. The lowest BCUT2D eigenvalue weighted by atomic mass is 9.94. The topological polar surface area (TPSA) is 79.3 Å². The summed E-state index contributed by atoms with van der Waals surface area (Å²) in [6.07, 6.45) is 4.04. The maximum atomic E-state index is 13.2. The molecule has 2 unspecified atom stereocenters. The van der Waals surface area contributed by atoms with Crippen molar-refractivity contribution in [2.75, 3.05) is 33.8 Å². The molecule has 7 heteroatoms. The standard InChI is InChI=1S/C29H36N2O5/c1-5-6-7-16-35-23-11-8-20(9-12-23)26-25(28(33)29(34)31(26)15-14-30(3)4)27(32)21-10-13-24-22(18-21)17-19(2)36-24/h8-13,18-19,26,32H,5-7,14-17H2,1-4H3. The summed E-state index contributed by atoms with van der Waals surface area (Å²) in [6, 6.07) is 12.2. The monoisotopic (exact) mass is 492 g/mol. The molecule has 1 amide bonds. The van der Waals surface area contributed by atoms with Crippen molar-refractivity contribution in [3.05, 3.63) is 64.7 Å². The Bertz CT molecular complexity index is 1140. The third-order valence-electron chi connectivity index (χ3n) is 6.71. The van der Waals surface area contributed by atoms with Gasteiger partial charge in [-0.3, -0.25) is 9.59 Å². The molecule has 192 valence electrons. The number of likely N-dealkylation sites (tertiary alicyclic amines) is 1. The Morgan fingerprint density at radius 1 is 1.14 bits per heavy atom. The van der Waals surface area contributed by atoms with Crippen molar-refractivity contribution in [1.82, 2.24) is 9.80 Å². The molecule has 0 aliphatic carbocycles. The van der Waals surface area contributed by atoms with E-state index in [0.717, 1.165) is 48.3 Å². The minimum Gasteiger partial charge on any atom is -0.507 e. The molecule has 2 heterocycles. The van der Waals surface area contributed by atoms with Gasteiger partial charge in [-0.2, -0.15) is 0 Å². The van der Waals surface area contributed by atoms with Crippen molar-refractivity contribution in [2.24, 2.45) is 0 Å². The molecule has 1 fully saturated rings. The summed E-state index contributed by atoms with van der Waals surface area (Å²) in [4.78, 5) is 29.9. The molecule has 2 aliphatic heterocycles. The first-order valence-electron chi connectivity index (χ1n) is 12.8. The molecule has 2 aromatic carbocycles. The zero-order chi connectivity index (χ0) is 25.8. The van der Waals surface area contributed by atoms with Gasteiger partial charge >= 0.3 is 0 Å². The molecule has 0 spiro atoms. The number of nitrogens with zero attached hydrogens (tertiary/aromatic N) is 2. The van der Waals surface area contributed by atoms with Crippen LogP contribution >= 0.6 is 0 Å². The number of hydrogen-bond donors (Lipinski definition) is 1. The highest BCUT2D eigenvalue weighted by atomic mass is 16.5. The molecule has 7 nitrogen and oxygen atoms in total. The molecule has 4 rings (SSSR count). The molecule has 36 heavy (non-hydrogen) atoms. The van der Waals surface area contributed by atoms with Gasteiger partial charge in [0.25, 0.3) is 11.7 Å². The second kappa shape index (κ2) is 11.2. The number of fused-ring (bicyclic) bond motifs is 1. The normalized spacial score (nSPS) is 20.6. The first-order valence-corrected chi connectivity index (χ1v) is 12.8. The number of carbonyl (C=O) groups is 2. The SMILES string of the molecule is CCCCCOc1ccc(C2C(=C(O)c3ccc4c(c3)CC(C)O4)C(=O)C(=O)N2CCN(C)C)cc1. The van der Waals surface area contributed by atoms with E-state index in [4.69, 9.17) is 9.47 Å². The van der Waals surface area contributed by atoms with Crippen LogP contribution in [0.25, 0.3) is 5.76 Å². The predicted octanol–water partition coefficient (Wildman–Crippen LogP) is 4.56. The smallest absolute Gasteiger partial charge is 0.295 e. The lowest BCUT2D eigenvalue weighted by molar-refractivity contribution is -0.140. The summed E-state index contributed by atoms with van der Waals surface area (Å²) >= 11 is 0. The first-order chi connectivity index (χ1) is 17.3. The van der Waals surface area contributed by atoms with Crippen LogP contribution in [0.5, 0.6) is 11.5 Å². The van der Waals surface area contributed by atoms with Crippen molar-refractivity contribution < 1.29 is 24.2 Å². The maximum Gasteiger partial charge on any atom is 0.295 e. The summed E-state index contributed by atoms with van der Waals surface area (Å²) in [5, 5.41) is 11.4. The minimum absolute atomic E-state index is 0.0664. The van der Waals surface area contributed by atoms with Gasteiger partial charge in [0.1, 0.15) is 23.4 Å². The second-order valence-corrected chi connectivity index (χ2v) is 9.88. The summed E-state index contributed by atoms with van der Waals surface area (Å²) in [5.74, 6) is 0.111. The molecule has 2 atom stereocenters. The van der Waals surface area contributed by atoms with Gasteiger partial charge in [0.15, 0.2) is 0 Å². The summed E-state index contributed by atoms with van der Waals surface area (Å²) in [5.41, 5.74) is 2.36. The van der Waals surface area contributed by atoms with E-state index in [-0.39, 0.29) is 17.4 Å². The Kier molecular flexibility index (Phi) is 7.99. The van der Waals surface area contributed by atoms with Crippen LogP contribution in [0.1, 0.15) is 55.8 Å². The van der Waals surface area contributed by atoms with Crippen LogP contribution in [0.15, 0.2) is 48.0 Å². The van der Waals surface area contributed by atoms with Crippen LogP contribution in [0.3, 0.4) is 0 Å². The summed E-state index contributed by atoms with van der Waals surface area (Å²) in [6.45, 7) is 5.75. The van der Waals surface area contributed by atoms with Crippen molar-refractivity contribution in [3.8, 4) is 11.5 Å². The number of ketones is 1. The third-order valence-corrected chi connectivity index (χ3v) is 6.71. The van der Waals surface area contributed by atoms with Crippen LogP contribution in [0.2, 0.25) is 0 Å². The number of carbonyl (C=O) groups excluding carboxylic acids is 2. The summed E-state index contributed by atoms with van der Waals surface area (Å²) in [7, 11) is 3.84. The Balaban J connectivity index is 1.69. The largest absolute Gasteiger partial charge is 0.507 e. The highest BCUT2D eigenvalue weighted by Crippen LogP contribution is 2.40. The number of aliphatic hydroxyl groups excluding tert-OH is 1.